The normalized spacial score (nSPS) is 10.8. The zero-order chi connectivity index (χ0) is 17.4. The van der Waals surface area contributed by atoms with Gasteiger partial charge >= 0.3 is 0 Å². The van der Waals surface area contributed by atoms with E-state index in [0.29, 0.717) is 11.7 Å². The molecule has 5 nitrogen and oxygen atoms in total. The first kappa shape index (κ1) is 17.5. The zero-order valence-electron chi connectivity index (χ0n) is 14.2. The van der Waals surface area contributed by atoms with Crippen molar-refractivity contribution in [3.8, 4) is 11.5 Å². The third-order valence-corrected chi connectivity index (χ3v) is 3.41. The largest absolute Gasteiger partial charge is 0.497 e. The van der Waals surface area contributed by atoms with Gasteiger partial charge in [0.15, 0.2) is 6.61 Å². The lowest BCUT2D eigenvalue weighted by molar-refractivity contribution is -0.123. The van der Waals surface area contributed by atoms with Gasteiger partial charge in [-0.15, -0.1) is 0 Å². The lowest BCUT2D eigenvalue weighted by Crippen LogP contribution is -2.24. The van der Waals surface area contributed by atoms with Gasteiger partial charge < -0.3 is 9.47 Å². The Morgan fingerprint density at radius 3 is 2.58 bits per heavy atom. The molecular weight excluding hydrogens is 304 g/mol. The number of nitrogens with zero attached hydrogens (tertiary/aromatic N) is 1. The summed E-state index contributed by atoms with van der Waals surface area (Å²) in [6.07, 6.45) is 1.55. The van der Waals surface area contributed by atoms with Gasteiger partial charge in [-0.3, -0.25) is 4.79 Å². The summed E-state index contributed by atoms with van der Waals surface area (Å²) in [5, 5.41) is 3.91. The summed E-state index contributed by atoms with van der Waals surface area (Å²) >= 11 is 0. The summed E-state index contributed by atoms with van der Waals surface area (Å²) in [7, 11) is 1.60. The van der Waals surface area contributed by atoms with Crippen LogP contribution in [-0.2, 0) is 4.79 Å². The highest BCUT2D eigenvalue weighted by Crippen LogP contribution is 2.18. The molecule has 5 heteroatoms. The fraction of sp³-hybridized carbons (Fsp3) is 0.263. The SMILES string of the molecule is COc1cccc(/C=N/NC(=O)COc2ccc(C(C)C)cc2)c1. The summed E-state index contributed by atoms with van der Waals surface area (Å²) in [6.45, 7) is 4.17. The van der Waals surface area contributed by atoms with Crippen molar-refractivity contribution in [3.63, 3.8) is 0 Å². The molecule has 2 aromatic carbocycles. The minimum Gasteiger partial charge on any atom is -0.497 e. The maximum atomic E-state index is 11.7. The molecule has 0 saturated heterocycles. The number of hydrogen-bond acceptors (Lipinski definition) is 4. The fourth-order valence-corrected chi connectivity index (χ4v) is 2.03. The number of nitrogens with one attached hydrogen (secondary N) is 1. The second-order valence-corrected chi connectivity index (χ2v) is 5.58. The number of amides is 1. The lowest BCUT2D eigenvalue weighted by Gasteiger charge is -2.08. The number of rotatable bonds is 7. The predicted molar refractivity (Wildman–Crippen MR) is 94.8 cm³/mol. The van der Waals surface area contributed by atoms with E-state index in [1.54, 1.807) is 13.3 Å². The van der Waals surface area contributed by atoms with E-state index in [0.717, 1.165) is 11.3 Å². The fourth-order valence-electron chi connectivity index (χ4n) is 2.03. The van der Waals surface area contributed by atoms with Gasteiger partial charge in [0.2, 0.25) is 0 Å². The molecule has 2 aromatic rings. The van der Waals surface area contributed by atoms with Crippen molar-refractivity contribution < 1.29 is 14.3 Å². The van der Waals surface area contributed by atoms with E-state index >= 15 is 0 Å². The third-order valence-electron chi connectivity index (χ3n) is 3.41. The predicted octanol–water partition coefficient (Wildman–Crippen LogP) is 3.35. The highest BCUT2D eigenvalue weighted by Gasteiger charge is 2.03. The number of methoxy groups -OCH3 is 1. The van der Waals surface area contributed by atoms with Crippen molar-refractivity contribution in [1.82, 2.24) is 5.43 Å². The molecular formula is C19H22N2O3. The van der Waals surface area contributed by atoms with E-state index in [9.17, 15) is 4.79 Å². The van der Waals surface area contributed by atoms with Crippen LogP contribution < -0.4 is 14.9 Å². The molecule has 0 aliphatic carbocycles. The highest BCUT2D eigenvalue weighted by molar-refractivity contribution is 5.83. The van der Waals surface area contributed by atoms with Gasteiger partial charge in [-0.25, -0.2) is 5.43 Å². The van der Waals surface area contributed by atoms with Gasteiger partial charge in [-0.05, 0) is 41.3 Å². The van der Waals surface area contributed by atoms with Crippen LogP contribution in [0.5, 0.6) is 11.5 Å². The number of carbonyl (C=O) groups is 1. The Balaban J connectivity index is 1.79. The van der Waals surface area contributed by atoms with Crippen LogP contribution in [0.1, 0.15) is 30.9 Å². The minimum atomic E-state index is -0.318. The minimum absolute atomic E-state index is 0.0868. The van der Waals surface area contributed by atoms with Gasteiger partial charge in [0.1, 0.15) is 11.5 Å². The molecule has 1 N–H and O–H groups in total. The van der Waals surface area contributed by atoms with Crippen LogP contribution in [0.4, 0.5) is 0 Å². The van der Waals surface area contributed by atoms with Crippen LogP contribution in [0.2, 0.25) is 0 Å². The summed E-state index contributed by atoms with van der Waals surface area (Å²) in [4.78, 5) is 11.7. The monoisotopic (exact) mass is 326 g/mol. The molecule has 126 valence electrons. The van der Waals surface area contributed by atoms with Crippen molar-refractivity contribution in [1.29, 1.82) is 0 Å². The van der Waals surface area contributed by atoms with Gasteiger partial charge in [-0.1, -0.05) is 38.1 Å². The quantitative estimate of drug-likeness (QED) is 0.627. The number of ether oxygens (including phenoxy) is 2. The molecule has 2 rings (SSSR count). The summed E-state index contributed by atoms with van der Waals surface area (Å²) in [5.41, 5.74) is 4.50. The van der Waals surface area contributed by atoms with Crippen LogP contribution in [-0.4, -0.2) is 25.8 Å². The molecule has 0 aliphatic rings. The van der Waals surface area contributed by atoms with E-state index in [4.69, 9.17) is 9.47 Å². The second-order valence-electron chi connectivity index (χ2n) is 5.58. The first-order chi connectivity index (χ1) is 11.6. The Morgan fingerprint density at radius 2 is 1.92 bits per heavy atom. The summed E-state index contributed by atoms with van der Waals surface area (Å²) in [5.74, 6) is 1.54. The average Bonchev–Trinajstić information content (AvgIpc) is 2.60. The molecule has 0 bridgehead atoms. The summed E-state index contributed by atoms with van der Waals surface area (Å²) in [6, 6.07) is 15.1. The van der Waals surface area contributed by atoms with Crippen LogP contribution in [0.15, 0.2) is 53.6 Å². The standard InChI is InChI=1S/C19H22N2O3/c1-14(2)16-7-9-17(10-8-16)24-13-19(22)21-20-12-15-5-4-6-18(11-15)23-3/h4-12,14H,13H2,1-3H3,(H,21,22)/b20-12+. The Kier molecular flexibility index (Phi) is 6.37. The first-order valence-electron chi connectivity index (χ1n) is 7.77. The molecule has 0 aromatic heterocycles. The zero-order valence-corrected chi connectivity index (χ0v) is 14.2. The molecule has 1 amide bonds. The molecule has 0 spiro atoms. The lowest BCUT2D eigenvalue weighted by atomic mass is 10.0. The number of hydrazone groups is 1. The van der Waals surface area contributed by atoms with Crippen LogP contribution in [0.25, 0.3) is 0 Å². The Hall–Kier alpha value is -2.82. The molecule has 0 atom stereocenters. The molecule has 0 unspecified atom stereocenters. The van der Waals surface area contributed by atoms with Gasteiger partial charge in [0.25, 0.3) is 5.91 Å². The maximum absolute atomic E-state index is 11.7. The van der Waals surface area contributed by atoms with Crippen molar-refractivity contribution in [2.45, 2.75) is 19.8 Å². The summed E-state index contributed by atoms with van der Waals surface area (Å²) < 4.78 is 10.6. The molecule has 0 radical (unpaired) electrons. The number of benzene rings is 2. The Labute approximate surface area is 142 Å². The van der Waals surface area contributed by atoms with E-state index in [2.05, 4.69) is 24.4 Å². The highest BCUT2D eigenvalue weighted by atomic mass is 16.5. The molecule has 0 heterocycles. The van der Waals surface area contributed by atoms with E-state index < -0.39 is 0 Å². The van der Waals surface area contributed by atoms with Crippen LogP contribution in [0, 0.1) is 0 Å². The first-order valence-corrected chi connectivity index (χ1v) is 7.77. The van der Waals surface area contributed by atoms with Gasteiger partial charge in [0, 0.05) is 0 Å². The maximum Gasteiger partial charge on any atom is 0.277 e. The van der Waals surface area contributed by atoms with E-state index in [1.807, 2.05) is 48.5 Å². The van der Waals surface area contributed by atoms with Crippen LogP contribution >= 0.6 is 0 Å². The molecule has 24 heavy (non-hydrogen) atoms. The van der Waals surface area contributed by atoms with Crippen molar-refractivity contribution in [2.75, 3.05) is 13.7 Å². The van der Waals surface area contributed by atoms with Crippen molar-refractivity contribution in [2.24, 2.45) is 5.10 Å². The van der Waals surface area contributed by atoms with Gasteiger partial charge in [-0.2, -0.15) is 5.10 Å². The number of carbonyl (C=O) groups excluding carboxylic acids is 1. The topological polar surface area (TPSA) is 59.9 Å². The number of hydrogen-bond donors (Lipinski definition) is 1. The van der Waals surface area contributed by atoms with Crippen molar-refractivity contribution in [3.05, 3.63) is 59.7 Å². The molecule has 0 saturated carbocycles. The molecule has 0 fully saturated rings. The third kappa shape index (κ3) is 5.43. The molecule has 0 aliphatic heterocycles. The second kappa shape index (κ2) is 8.72. The smallest absolute Gasteiger partial charge is 0.277 e. The van der Waals surface area contributed by atoms with Gasteiger partial charge in [0.05, 0.1) is 13.3 Å². The Bertz CT molecular complexity index is 694. The van der Waals surface area contributed by atoms with E-state index in [1.165, 1.54) is 5.56 Å². The Morgan fingerprint density at radius 1 is 1.17 bits per heavy atom. The average molecular weight is 326 g/mol. The van der Waals surface area contributed by atoms with Crippen molar-refractivity contribution >= 4 is 12.1 Å². The van der Waals surface area contributed by atoms with Crippen LogP contribution in [0.3, 0.4) is 0 Å². The van der Waals surface area contributed by atoms with E-state index in [-0.39, 0.29) is 12.5 Å².